The Balaban J connectivity index is 0.000000221. The fraction of sp³-hybridized carbons (Fsp3) is 0.528. The zero-order valence-electron chi connectivity index (χ0n) is 29.2. The molecule has 3 heterocycles. The predicted octanol–water partition coefficient (Wildman–Crippen LogP) is 8.13. The summed E-state index contributed by atoms with van der Waals surface area (Å²) in [5.74, 6) is 0.663. The number of likely N-dealkylation sites (tertiary alicyclic amines) is 2. The summed E-state index contributed by atoms with van der Waals surface area (Å²) >= 11 is 6.59. The smallest absolute Gasteiger partial charge is 0.410 e. The van der Waals surface area contributed by atoms with Gasteiger partial charge in [-0.05, 0) is 104 Å². The number of phenols is 1. The maximum atomic E-state index is 12.6. The quantitative estimate of drug-likeness (QED) is 0.283. The Hall–Kier alpha value is -3.45. The number of Topliss-reactive ketones (excluding diaryl/α,β-unsaturated/α-hetero) is 3. The summed E-state index contributed by atoms with van der Waals surface area (Å²) in [5.41, 5.74) is -0.724. The third-order valence-corrected chi connectivity index (χ3v) is 8.47. The van der Waals surface area contributed by atoms with Gasteiger partial charge in [0.2, 0.25) is 0 Å². The molecule has 2 fully saturated rings. The van der Waals surface area contributed by atoms with E-state index in [0.29, 0.717) is 42.9 Å². The van der Waals surface area contributed by atoms with Crippen LogP contribution in [0, 0.1) is 0 Å². The van der Waals surface area contributed by atoms with Gasteiger partial charge in [0.05, 0.1) is 30.6 Å². The number of rotatable bonds is 1. The van der Waals surface area contributed by atoms with Crippen LogP contribution < -0.4 is 4.74 Å². The van der Waals surface area contributed by atoms with Gasteiger partial charge in [0, 0.05) is 28.5 Å². The molecule has 2 aromatic carbocycles. The van der Waals surface area contributed by atoms with E-state index in [1.54, 1.807) is 23.1 Å². The first kappa shape index (κ1) is 40.0. The SMILES string of the molecule is CC(=O)c1cc(Br)ccc1O.CC(C)(C)OC(=O)N1CCCC(=O)C1.CC(C)(C)OC(=O)N1CCCC2(CC(=O)c3cc(Br)ccc3O2)C1. The first-order chi connectivity index (χ1) is 22.7. The van der Waals surface area contributed by atoms with E-state index in [1.165, 1.54) is 17.9 Å². The summed E-state index contributed by atoms with van der Waals surface area (Å²) in [6, 6.07) is 10.2. The molecule has 11 nitrogen and oxygen atoms in total. The number of nitrogens with zero attached hydrogens (tertiary/aromatic N) is 2. The second kappa shape index (κ2) is 16.5. The van der Waals surface area contributed by atoms with Crippen molar-refractivity contribution in [1.29, 1.82) is 0 Å². The molecule has 2 saturated heterocycles. The highest BCUT2D eigenvalue weighted by atomic mass is 79.9. The van der Waals surface area contributed by atoms with Crippen molar-refractivity contribution in [2.45, 2.75) is 97.4 Å². The predicted molar refractivity (Wildman–Crippen MR) is 191 cm³/mol. The van der Waals surface area contributed by atoms with Crippen LogP contribution >= 0.6 is 31.9 Å². The van der Waals surface area contributed by atoms with Gasteiger partial charge in [0.25, 0.3) is 0 Å². The second-order valence-electron chi connectivity index (χ2n) is 14.3. The number of amides is 2. The summed E-state index contributed by atoms with van der Waals surface area (Å²) in [4.78, 5) is 61.5. The van der Waals surface area contributed by atoms with Crippen molar-refractivity contribution in [1.82, 2.24) is 9.80 Å². The fourth-order valence-corrected chi connectivity index (χ4v) is 6.11. The van der Waals surface area contributed by atoms with Crippen LogP contribution in [0.3, 0.4) is 0 Å². The zero-order chi connectivity index (χ0) is 36.7. The topological polar surface area (TPSA) is 140 Å². The molecule has 268 valence electrons. The van der Waals surface area contributed by atoms with E-state index in [1.807, 2.05) is 53.7 Å². The van der Waals surface area contributed by atoms with E-state index in [4.69, 9.17) is 19.3 Å². The van der Waals surface area contributed by atoms with Gasteiger partial charge in [-0.25, -0.2) is 9.59 Å². The molecule has 0 saturated carbocycles. The minimum absolute atomic E-state index is 0.0284. The molecule has 0 aliphatic carbocycles. The number of carbonyl (C=O) groups excluding carboxylic acids is 5. The number of piperidine rings is 2. The first-order valence-corrected chi connectivity index (χ1v) is 17.7. The standard InChI is InChI=1S/C18H22BrNO4.C10H17NO3.C8H7BrO2/c1-17(2,3)24-16(22)20-8-4-7-18(11-20)10-14(21)13-9-12(19)5-6-15(13)23-18;1-10(2,3)14-9(13)11-6-4-5-8(12)7-11;1-5(10)7-4-6(9)2-3-8(7)11/h5-6,9H,4,7-8,10-11H2,1-3H3;4-7H2,1-3H3;2-4,11H,1H3. The lowest BCUT2D eigenvalue weighted by Gasteiger charge is -2.44. The second-order valence-corrected chi connectivity index (χ2v) is 16.1. The van der Waals surface area contributed by atoms with E-state index in [2.05, 4.69) is 31.9 Å². The molecular weight excluding hydrogens is 764 g/mol. The zero-order valence-corrected chi connectivity index (χ0v) is 32.4. The Morgan fingerprint density at radius 2 is 1.43 bits per heavy atom. The van der Waals surface area contributed by atoms with Crippen LogP contribution in [0.5, 0.6) is 11.5 Å². The Morgan fingerprint density at radius 1 is 0.857 bits per heavy atom. The third kappa shape index (κ3) is 12.4. The van der Waals surface area contributed by atoms with Crippen LogP contribution in [-0.4, -0.2) is 87.4 Å². The number of ketones is 3. The number of hydrogen-bond donors (Lipinski definition) is 1. The number of hydrogen-bond acceptors (Lipinski definition) is 9. The van der Waals surface area contributed by atoms with Gasteiger partial charge in [0.1, 0.15) is 28.3 Å². The van der Waals surface area contributed by atoms with Crippen LogP contribution in [0.1, 0.15) is 101 Å². The van der Waals surface area contributed by atoms with Gasteiger partial charge in [-0.1, -0.05) is 31.9 Å². The molecule has 49 heavy (non-hydrogen) atoms. The molecule has 0 radical (unpaired) electrons. The van der Waals surface area contributed by atoms with Crippen molar-refractivity contribution in [2.24, 2.45) is 0 Å². The Kier molecular flexibility index (Phi) is 13.5. The maximum absolute atomic E-state index is 12.6. The number of benzene rings is 2. The number of phenolic OH excluding ortho intramolecular Hbond substituents is 1. The van der Waals surface area contributed by atoms with Gasteiger partial charge >= 0.3 is 12.2 Å². The molecule has 0 aromatic heterocycles. The molecule has 5 rings (SSSR count). The van der Waals surface area contributed by atoms with Crippen molar-refractivity contribution in [3.05, 3.63) is 56.5 Å². The van der Waals surface area contributed by atoms with Crippen molar-refractivity contribution in [3.63, 3.8) is 0 Å². The lowest BCUT2D eigenvalue weighted by atomic mass is 9.83. The largest absolute Gasteiger partial charge is 0.507 e. The average Bonchev–Trinajstić information content (AvgIpc) is 2.98. The summed E-state index contributed by atoms with van der Waals surface area (Å²) in [6.45, 7) is 14.2. The van der Waals surface area contributed by atoms with E-state index < -0.39 is 16.8 Å². The molecule has 13 heteroatoms. The Labute approximate surface area is 304 Å². The number of fused-ring (bicyclic) bond motifs is 1. The number of halogens is 2. The summed E-state index contributed by atoms with van der Waals surface area (Å²) in [6.07, 6.45) is 2.43. The van der Waals surface area contributed by atoms with Crippen LogP contribution in [0.2, 0.25) is 0 Å². The lowest BCUT2D eigenvalue weighted by molar-refractivity contribution is -0.122. The van der Waals surface area contributed by atoms with E-state index in [-0.39, 0.29) is 48.3 Å². The normalized spacial score (nSPS) is 19.0. The van der Waals surface area contributed by atoms with Crippen LogP contribution in [-0.2, 0) is 14.3 Å². The van der Waals surface area contributed by atoms with Crippen molar-refractivity contribution in [2.75, 3.05) is 26.2 Å². The molecule has 3 aliphatic rings. The molecule has 2 amide bonds. The Bertz CT molecular complexity index is 1560. The molecule has 1 spiro atoms. The lowest BCUT2D eigenvalue weighted by Crippen LogP contribution is -2.56. The van der Waals surface area contributed by atoms with Crippen molar-refractivity contribution >= 4 is 61.4 Å². The van der Waals surface area contributed by atoms with Crippen molar-refractivity contribution in [3.8, 4) is 11.5 Å². The number of carbonyl (C=O) groups is 5. The highest BCUT2D eigenvalue weighted by Crippen LogP contribution is 2.39. The van der Waals surface area contributed by atoms with E-state index >= 15 is 0 Å². The van der Waals surface area contributed by atoms with Gasteiger partial charge in [-0.3, -0.25) is 14.4 Å². The molecule has 3 aliphatic heterocycles. The minimum atomic E-state index is -0.646. The van der Waals surface area contributed by atoms with Gasteiger partial charge in [-0.15, -0.1) is 0 Å². The number of aromatic hydroxyl groups is 1. The summed E-state index contributed by atoms with van der Waals surface area (Å²) in [5, 5.41) is 9.16. The summed E-state index contributed by atoms with van der Waals surface area (Å²) < 4.78 is 18.5. The maximum Gasteiger partial charge on any atom is 0.410 e. The van der Waals surface area contributed by atoms with Crippen molar-refractivity contribution < 1.29 is 43.3 Å². The van der Waals surface area contributed by atoms with Crippen LogP contribution in [0.4, 0.5) is 9.59 Å². The highest BCUT2D eigenvalue weighted by molar-refractivity contribution is 9.10. The molecule has 2 aromatic rings. The van der Waals surface area contributed by atoms with Gasteiger partial charge in [-0.2, -0.15) is 0 Å². The monoisotopic (exact) mass is 808 g/mol. The first-order valence-electron chi connectivity index (χ1n) is 16.2. The fourth-order valence-electron chi connectivity index (χ4n) is 5.38. The third-order valence-electron chi connectivity index (χ3n) is 7.48. The average molecular weight is 811 g/mol. The van der Waals surface area contributed by atoms with Crippen LogP contribution in [0.15, 0.2) is 45.3 Å². The van der Waals surface area contributed by atoms with E-state index in [9.17, 15) is 24.0 Å². The van der Waals surface area contributed by atoms with Gasteiger partial charge in [0.15, 0.2) is 17.3 Å². The van der Waals surface area contributed by atoms with E-state index in [0.717, 1.165) is 28.2 Å². The number of ether oxygens (including phenoxy) is 3. The molecule has 1 N–H and O–H groups in total. The molecule has 1 atom stereocenters. The highest BCUT2D eigenvalue weighted by Gasteiger charge is 2.45. The van der Waals surface area contributed by atoms with Crippen LogP contribution in [0.25, 0.3) is 0 Å². The molecule has 0 bridgehead atoms. The Morgan fingerprint density at radius 3 is 2.00 bits per heavy atom. The molecular formula is C36H46Br2N2O9. The minimum Gasteiger partial charge on any atom is -0.507 e. The molecule has 1 unspecified atom stereocenters. The van der Waals surface area contributed by atoms with Gasteiger partial charge < -0.3 is 29.1 Å². The summed E-state index contributed by atoms with van der Waals surface area (Å²) in [7, 11) is 0.